The monoisotopic (exact) mass is 914 g/mol. The van der Waals surface area contributed by atoms with Gasteiger partial charge in [0.1, 0.15) is 0 Å². The van der Waals surface area contributed by atoms with Crippen LogP contribution >= 0.6 is 0 Å². The fourth-order valence-electron chi connectivity index (χ4n) is 8.68. The van der Waals surface area contributed by atoms with E-state index in [1.165, 1.54) is 212 Å². The van der Waals surface area contributed by atoms with E-state index in [9.17, 15) is 19.8 Å². The molecule has 3 N–H and O–H groups in total. The smallest absolute Gasteiger partial charge is 0.305 e. The molecule has 0 aromatic carbocycles. The first-order chi connectivity index (χ1) is 32.0. The number of aliphatic hydroxyl groups is 2. The number of carbonyl (C=O) groups excluding carboxylic acids is 2. The van der Waals surface area contributed by atoms with Gasteiger partial charge in [0.25, 0.3) is 0 Å². The van der Waals surface area contributed by atoms with Gasteiger partial charge in [0, 0.05) is 12.8 Å². The third-order valence-corrected chi connectivity index (χ3v) is 13.1. The summed E-state index contributed by atoms with van der Waals surface area (Å²) in [6, 6.07) is -0.640. The molecule has 0 bridgehead atoms. The Bertz CT molecular complexity index is 1060. The molecule has 0 aromatic rings. The lowest BCUT2D eigenvalue weighted by Gasteiger charge is -2.20. The molecule has 0 heterocycles. The summed E-state index contributed by atoms with van der Waals surface area (Å²) in [5.41, 5.74) is 0. The standard InChI is InChI=1S/C59H111NO5/c1-3-5-7-9-11-13-15-17-19-20-21-25-29-33-37-41-45-49-53-59(64)65-54-50-46-42-38-34-30-26-23-22-24-28-32-36-40-44-48-52-58(63)60-56(55-61)57(62)51-47-43-39-35-31-27-18-16-14-12-10-8-6-4-2/h19-20,22,24,47,51,56-57,61-62H,3-18,21,23,25-46,48-50,52-55H2,1-2H3,(H,60,63)/b20-19-,24-22-,51-47+. The van der Waals surface area contributed by atoms with Crippen molar-refractivity contribution >= 4 is 11.9 Å². The van der Waals surface area contributed by atoms with Crippen LogP contribution in [0.25, 0.3) is 0 Å². The molecule has 1 amide bonds. The zero-order chi connectivity index (χ0) is 47.2. The summed E-state index contributed by atoms with van der Waals surface area (Å²) < 4.78 is 5.48. The summed E-state index contributed by atoms with van der Waals surface area (Å²) in [6.45, 7) is 4.88. The number of unbranched alkanes of at least 4 members (excludes halogenated alkanes) is 38. The number of hydrogen-bond donors (Lipinski definition) is 3. The quantitative estimate of drug-likeness (QED) is 0.0321. The predicted octanol–water partition coefficient (Wildman–Crippen LogP) is 17.6. The van der Waals surface area contributed by atoms with E-state index >= 15 is 0 Å². The Morgan fingerprint density at radius 1 is 0.415 bits per heavy atom. The zero-order valence-electron chi connectivity index (χ0n) is 43.5. The van der Waals surface area contributed by atoms with Crippen LogP contribution in [0.15, 0.2) is 36.5 Å². The number of nitrogens with one attached hydrogen (secondary N) is 1. The van der Waals surface area contributed by atoms with Crippen LogP contribution in [0.3, 0.4) is 0 Å². The van der Waals surface area contributed by atoms with Gasteiger partial charge >= 0.3 is 5.97 Å². The number of rotatable bonds is 53. The molecule has 0 aliphatic heterocycles. The molecular formula is C59H111NO5. The van der Waals surface area contributed by atoms with Crippen molar-refractivity contribution in [2.75, 3.05) is 13.2 Å². The van der Waals surface area contributed by atoms with Crippen LogP contribution in [-0.2, 0) is 14.3 Å². The van der Waals surface area contributed by atoms with Gasteiger partial charge in [-0.05, 0) is 83.5 Å². The summed E-state index contributed by atoms with van der Waals surface area (Å²) in [5, 5.41) is 23.1. The van der Waals surface area contributed by atoms with Crippen LogP contribution in [0.4, 0.5) is 0 Å². The molecule has 0 spiro atoms. The molecule has 0 aliphatic carbocycles. The third kappa shape index (κ3) is 51.3. The fraction of sp³-hybridized carbons (Fsp3) is 0.864. The van der Waals surface area contributed by atoms with Crippen molar-refractivity contribution in [2.45, 2.75) is 315 Å². The molecule has 0 aromatic heterocycles. The number of amides is 1. The van der Waals surface area contributed by atoms with E-state index in [-0.39, 0.29) is 18.5 Å². The van der Waals surface area contributed by atoms with Gasteiger partial charge in [-0.2, -0.15) is 0 Å². The van der Waals surface area contributed by atoms with Crippen molar-refractivity contribution in [1.29, 1.82) is 0 Å². The third-order valence-electron chi connectivity index (χ3n) is 13.1. The summed E-state index contributed by atoms with van der Waals surface area (Å²) in [7, 11) is 0. The van der Waals surface area contributed by atoms with Crippen molar-refractivity contribution in [1.82, 2.24) is 5.32 Å². The molecule has 0 aliphatic rings. The maximum Gasteiger partial charge on any atom is 0.305 e. The minimum Gasteiger partial charge on any atom is -0.466 e. The van der Waals surface area contributed by atoms with Crippen molar-refractivity contribution in [3.8, 4) is 0 Å². The van der Waals surface area contributed by atoms with Gasteiger partial charge in [0.05, 0.1) is 25.4 Å². The number of carbonyl (C=O) groups is 2. The lowest BCUT2D eigenvalue weighted by Crippen LogP contribution is -2.45. The van der Waals surface area contributed by atoms with Gasteiger partial charge < -0.3 is 20.3 Å². The number of esters is 1. The summed E-state index contributed by atoms with van der Waals surface area (Å²) in [6.07, 6.45) is 67.3. The molecule has 0 saturated carbocycles. The average molecular weight is 915 g/mol. The Kier molecular flexibility index (Phi) is 53.1. The van der Waals surface area contributed by atoms with Gasteiger partial charge in [-0.1, -0.05) is 243 Å². The molecule has 0 rings (SSSR count). The number of ether oxygens (including phenoxy) is 1. The number of hydrogen-bond acceptors (Lipinski definition) is 5. The van der Waals surface area contributed by atoms with Gasteiger partial charge in [-0.15, -0.1) is 0 Å². The van der Waals surface area contributed by atoms with E-state index in [1.807, 2.05) is 6.08 Å². The highest BCUT2D eigenvalue weighted by Gasteiger charge is 2.18. The maximum atomic E-state index is 12.4. The minimum atomic E-state index is -0.855. The topological polar surface area (TPSA) is 95.9 Å². The first-order valence-electron chi connectivity index (χ1n) is 28.8. The van der Waals surface area contributed by atoms with Crippen LogP contribution < -0.4 is 5.32 Å². The Morgan fingerprint density at radius 2 is 0.723 bits per heavy atom. The van der Waals surface area contributed by atoms with Crippen LogP contribution in [0.1, 0.15) is 303 Å². The van der Waals surface area contributed by atoms with Crippen molar-refractivity contribution in [3.63, 3.8) is 0 Å². The Labute approximate surface area is 404 Å². The maximum absolute atomic E-state index is 12.4. The van der Waals surface area contributed by atoms with Gasteiger partial charge in [0.15, 0.2) is 0 Å². The molecular weight excluding hydrogens is 803 g/mol. The lowest BCUT2D eigenvalue weighted by molar-refractivity contribution is -0.143. The predicted molar refractivity (Wildman–Crippen MR) is 283 cm³/mol. The Hall–Kier alpha value is -1.92. The molecule has 382 valence electrons. The van der Waals surface area contributed by atoms with E-state index in [0.29, 0.717) is 19.4 Å². The second-order valence-corrected chi connectivity index (χ2v) is 19.6. The van der Waals surface area contributed by atoms with Crippen LogP contribution in [0.2, 0.25) is 0 Å². The fourth-order valence-corrected chi connectivity index (χ4v) is 8.68. The van der Waals surface area contributed by atoms with Gasteiger partial charge in [0.2, 0.25) is 5.91 Å². The Morgan fingerprint density at radius 3 is 1.09 bits per heavy atom. The molecule has 0 radical (unpaired) electrons. The van der Waals surface area contributed by atoms with E-state index in [4.69, 9.17) is 4.74 Å². The zero-order valence-corrected chi connectivity index (χ0v) is 43.5. The van der Waals surface area contributed by atoms with Crippen LogP contribution in [0.5, 0.6) is 0 Å². The second kappa shape index (κ2) is 54.7. The van der Waals surface area contributed by atoms with Gasteiger partial charge in [-0.25, -0.2) is 0 Å². The highest BCUT2D eigenvalue weighted by atomic mass is 16.5. The summed E-state index contributed by atoms with van der Waals surface area (Å²) in [5.74, 6) is -0.0922. The highest BCUT2D eigenvalue weighted by Crippen LogP contribution is 2.16. The molecule has 0 saturated heterocycles. The largest absolute Gasteiger partial charge is 0.466 e. The normalized spacial score (nSPS) is 12.9. The summed E-state index contributed by atoms with van der Waals surface area (Å²) in [4.78, 5) is 24.5. The van der Waals surface area contributed by atoms with Crippen molar-refractivity contribution < 1.29 is 24.5 Å². The molecule has 2 atom stereocenters. The highest BCUT2D eigenvalue weighted by molar-refractivity contribution is 5.76. The molecule has 65 heavy (non-hydrogen) atoms. The summed E-state index contributed by atoms with van der Waals surface area (Å²) >= 11 is 0. The van der Waals surface area contributed by atoms with E-state index < -0.39 is 12.1 Å². The first-order valence-corrected chi connectivity index (χ1v) is 28.8. The van der Waals surface area contributed by atoms with Crippen LogP contribution in [0, 0.1) is 0 Å². The molecule has 0 fully saturated rings. The Balaban J connectivity index is 3.48. The second-order valence-electron chi connectivity index (χ2n) is 19.6. The lowest BCUT2D eigenvalue weighted by atomic mass is 10.0. The number of allylic oxidation sites excluding steroid dienone is 5. The van der Waals surface area contributed by atoms with Crippen LogP contribution in [-0.4, -0.2) is 47.4 Å². The molecule has 6 nitrogen and oxygen atoms in total. The van der Waals surface area contributed by atoms with E-state index in [0.717, 1.165) is 64.2 Å². The van der Waals surface area contributed by atoms with E-state index in [1.54, 1.807) is 6.08 Å². The molecule has 2 unspecified atom stereocenters. The molecule has 6 heteroatoms. The van der Waals surface area contributed by atoms with Gasteiger partial charge in [-0.3, -0.25) is 9.59 Å². The van der Waals surface area contributed by atoms with Crippen molar-refractivity contribution in [3.05, 3.63) is 36.5 Å². The van der Waals surface area contributed by atoms with Crippen molar-refractivity contribution in [2.24, 2.45) is 0 Å². The number of aliphatic hydroxyl groups excluding tert-OH is 2. The average Bonchev–Trinajstić information content (AvgIpc) is 3.31. The first kappa shape index (κ1) is 63.1. The SMILES string of the molecule is CCCCCCCCC/C=C\CCCCCCCCCC(=O)OCCCCCCCCC/C=C\CCCCCCCC(=O)NC(CO)C(O)/C=C/CCCCCCCCCCCCCC. The minimum absolute atomic E-state index is 0.00701. The van der Waals surface area contributed by atoms with E-state index in [2.05, 4.69) is 43.5 Å².